The zero-order chi connectivity index (χ0) is 17.6. The van der Waals surface area contributed by atoms with E-state index in [4.69, 9.17) is 0 Å². The molecule has 2 aromatic rings. The summed E-state index contributed by atoms with van der Waals surface area (Å²) < 4.78 is 0. The van der Waals surface area contributed by atoms with Crippen LogP contribution in [0.4, 0.5) is 0 Å². The number of β-amino-alcohol motifs (C(OH)–C–C–N with tert-alkyl or cyclic N) is 1. The average Bonchev–Trinajstić information content (AvgIpc) is 3.20. The first-order valence-electron chi connectivity index (χ1n) is 8.80. The highest BCUT2D eigenvalue weighted by molar-refractivity contribution is 7.09. The van der Waals surface area contributed by atoms with E-state index in [0.29, 0.717) is 25.9 Å². The second-order valence-corrected chi connectivity index (χ2v) is 7.47. The Labute approximate surface area is 152 Å². The Morgan fingerprint density at radius 3 is 2.92 bits per heavy atom. The van der Waals surface area contributed by atoms with Crippen molar-refractivity contribution in [3.05, 3.63) is 52.0 Å². The summed E-state index contributed by atoms with van der Waals surface area (Å²) in [6.07, 6.45) is 1.60. The quantitative estimate of drug-likeness (QED) is 0.794. The van der Waals surface area contributed by atoms with Crippen LogP contribution in [0.2, 0.25) is 0 Å². The van der Waals surface area contributed by atoms with Crippen molar-refractivity contribution in [1.82, 2.24) is 15.2 Å². The molecule has 2 heterocycles. The van der Waals surface area contributed by atoms with E-state index in [9.17, 15) is 9.90 Å². The molecule has 1 aliphatic rings. The van der Waals surface area contributed by atoms with Crippen LogP contribution < -0.4 is 5.32 Å². The van der Waals surface area contributed by atoms with Crippen LogP contribution in [0.3, 0.4) is 0 Å². The van der Waals surface area contributed by atoms with Crippen molar-refractivity contribution in [2.45, 2.75) is 44.9 Å². The number of thiazole rings is 1. The standard InChI is InChI=1S/C19H25N3O2S/c1-2-19-21-15(13-25-19)8-18(24)20-10-16-9-17(23)12-22(16)11-14-6-4-3-5-7-14/h3-7,13,16-17,23H,2,8-12H2,1H3,(H,20,24)/t16-,17+/m0/s1. The van der Waals surface area contributed by atoms with Crippen LogP contribution >= 0.6 is 11.3 Å². The minimum atomic E-state index is -0.323. The third kappa shape index (κ3) is 5.11. The zero-order valence-corrected chi connectivity index (χ0v) is 15.3. The molecule has 2 N–H and O–H groups in total. The predicted molar refractivity (Wildman–Crippen MR) is 99.5 cm³/mol. The van der Waals surface area contributed by atoms with E-state index >= 15 is 0 Å². The number of amides is 1. The highest BCUT2D eigenvalue weighted by atomic mass is 32.1. The molecule has 3 rings (SSSR count). The lowest BCUT2D eigenvalue weighted by Gasteiger charge is -2.24. The number of aliphatic hydroxyl groups is 1. The molecule has 0 unspecified atom stereocenters. The molecule has 0 saturated carbocycles. The molecular weight excluding hydrogens is 334 g/mol. The van der Waals surface area contributed by atoms with Crippen LogP contribution in [0.15, 0.2) is 35.7 Å². The molecule has 25 heavy (non-hydrogen) atoms. The van der Waals surface area contributed by atoms with Gasteiger partial charge in [0.15, 0.2) is 0 Å². The van der Waals surface area contributed by atoms with Crippen molar-refractivity contribution in [2.75, 3.05) is 13.1 Å². The van der Waals surface area contributed by atoms with Crippen LogP contribution in [0.25, 0.3) is 0 Å². The molecule has 0 bridgehead atoms. The number of rotatable bonds is 7. The van der Waals surface area contributed by atoms with Crippen molar-refractivity contribution < 1.29 is 9.90 Å². The molecule has 1 saturated heterocycles. The number of nitrogens with zero attached hydrogens (tertiary/aromatic N) is 2. The lowest BCUT2D eigenvalue weighted by Crippen LogP contribution is -2.40. The Bertz CT molecular complexity index is 689. The molecule has 5 nitrogen and oxygen atoms in total. The van der Waals surface area contributed by atoms with Gasteiger partial charge in [0.1, 0.15) is 0 Å². The fourth-order valence-electron chi connectivity index (χ4n) is 3.23. The fourth-order valence-corrected chi connectivity index (χ4v) is 3.98. The van der Waals surface area contributed by atoms with Crippen LogP contribution in [-0.4, -0.2) is 46.1 Å². The van der Waals surface area contributed by atoms with E-state index in [1.165, 1.54) is 5.56 Å². The van der Waals surface area contributed by atoms with Gasteiger partial charge in [-0.25, -0.2) is 4.98 Å². The summed E-state index contributed by atoms with van der Waals surface area (Å²) in [6.45, 7) is 4.08. The highest BCUT2D eigenvalue weighted by Gasteiger charge is 2.30. The minimum absolute atomic E-state index is 0.00555. The van der Waals surface area contributed by atoms with Crippen molar-refractivity contribution in [1.29, 1.82) is 0 Å². The predicted octanol–water partition coefficient (Wildman–Crippen LogP) is 2.00. The van der Waals surface area contributed by atoms with Gasteiger partial charge in [-0.2, -0.15) is 0 Å². The number of carbonyl (C=O) groups is 1. The first kappa shape index (κ1) is 18.0. The van der Waals surface area contributed by atoms with Crippen LogP contribution in [-0.2, 0) is 24.2 Å². The summed E-state index contributed by atoms with van der Waals surface area (Å²) in [5.74, 6) is -0.00555. The Hall–Kier alpha value is -1.76. The Balaban J connectivity index is 1.50. The van der Waals surface area contributed by atoms with Gasteiger partial charge in [0, 0.05) is 31.1 Å². The molecule has 2 atom stereocenters. The van der Waals surface area contributed by atoms with E-state index in [1.54, 1.807) is 11.3 Å². The summed E-state index contributed by atoms with van der Waals surface area (Å²) in [7, 11) is 0. The maximum atomic E-state index is 12.2. The molecule has 1 amide bonds. The molecule has 0 spiro atoms. The van der Waals surface area contributed by atoms with Gasteiger partial charge in [-0.05, 0) is 18.4 Å². The van der Waals surface area contributed by atoms with Gasteiger partial charge >= 0.3 is 0 Å². The monoisotopic (exact) mass is 359 g/mol. The second kappa shape index (κ2) is 8.56. The lowest BCUT2D eigenvalue weighted by molar-refractivity contribution is -0.120. The maximum absolute atomic E-state index is 12.2. The first-order chi connectivity index (χ1) is 12.1. The van der Waals surface area contributed by atoms with Crippen molar-refractivity contribution in [3.8, 4) is 0 Å². The lowest BCUT2D eigenvalue weighted by atomic mass is 10.1. The van der Waals surface area contributed by atoms with E-state index in [0.717, 1.165) is 23.7 Å². The molecular formula is C19H25N3O2S. The normalized spacial score (nSPS) is 20.7. The summed E-state index contributed by atoms with van der Waals surface area (Å²) in [4.78, 5) is 18.9. The summed E-state index contributed by atoms with van der Waals surface area (Å²) in [6, 6.07) is 10.4. The SMILES string of the molecule is CCc1nc(CC(=O)NC[C@@H]2C[C@@H](O)CN2Cc2ccccc2)cs1. The zero-order valence-electron chi connectivity index (χ0n) is 14.5. The Morgan fingerprint density at radius 2 is 2.20 bits per heavy atom. The van der Waals surface area contributed by atoms with Crippen molar-refractivity contribution in [3.63, 3.8) is 0 Å². The van der Waals surface area contributed by atoms with Gasteiger partial charge in [-0.1, -0.05) is 37.3 Å². The molecule has 134 valence electrons. The van der Waals surface area contributed by atoms with Gasteiger partial charge in [0.05, 0.1) is 23.2 Å². The number of aromatic nitrogens is 1. The number of carbonyl (C=O) groups excluding carboxylic acids is 1. The van der Waals surface area contributed by atoms with E-state index in [-0.39, 0.29) is 18.1 Å². The Morgan fingerprint density at radius 1 is 1.40 bits per heavy atom. The number of hydrogen-bond acceptors (Lipinski definition) is 5. The van der Waals surface area contributed by atoms with Crippen LogP contribution in [0.5, 0.6) is 0 Å². The van der Waals surface area contributed by atoms with E-state index in [1.807, 2.05) is 23.6 Å². The number of nitrogens with one attached hydrogen (secondary N) is 1. The number of hydrogen-bond donors (Lipinski definition) is 2. The minimum Gasteiger partial charge on any atom is -0.392 e. The number of benzene rings is 1. The number of aryl methyl sites for hydroxylation is 1. The van der Waals surface area contributed by atoms with Gasteiger partial charge in [-0.3, -0.25) is 9.69 Å². The summed E-state index contributed by atoms with van der Waals surface area (Å²) in [5, 5.41) is 16.0. The van der Waals surface area contributed by atoms with Gasteiger partial charge < -0.3 is 10.4 Å². The number of aliphatic hydroxyl groups excluding tert-OH is 1. The van der Waals surface area contributed by atoms with Gasteiger partial charge in [-0.15, -0.1) is 11.3 Å². The van der Waals surface area contributed by atoms with Gasteiger partial charge in [0.25, 0.3) is 0 Å². The molecule has 1 aliphatic heterocycles. The molecule has 0 radical (unpaired) electrons. The largest absolute Gasteiger partial charge is 0.392 e. The summed E-state index contributed by atoms with van der Waals surface area (Å²) >= 11 is 1.60. The van der Waals surface area contributed by atoms with Crippen molar-refractivity contribution >= 4 is 17.2 Å². The second-order valence-electron chi connectivity index (χ2n) is 6.53. The molecule has 1 aromatic heterocycles. The maximum Gasteiger partial charge on any atom is 0.226 e. The average molecular weight is 359 g/mol. The van der Waals surface area contributed by atoms with E-state index in [2.05, 4.69) is 34.3 Å². The van der Waals surface area contributed by atoms with Gasteiger partial charge in [0.2, 0.25) is 5.91 Å². The Kier molecular flexibility index (Phi) is 6.18. The topological polar surface area (TPSA) is 65.5 Å². The molecule has 6 heteroatoms. The highest BCUT2D eigenvalue weighted by Crippen LogP contribution is 2.20. The first-order valence-corrected chi connectivity index (χ1v) is 9.68. The fraction of sp³-hybridized carbons (Fsp3) is 0.474. The van der Waals surface area contributed by atoms with Crippen LogP contribution in [0, 0.1) is 0 Å². The smallest absolute Gasteiger partial charge is 0.226 e. The molecule has 0 aliphatic carbocycles. The molecule has 1 aromatic carbocycles. The van der Waals surface area contributed by atoms with Crippen molar-refractivity contribution in [2.24, 2.45) is 0 Å². The summed E-state index contributed by atoms with van der Waals surface area (Å²) in [5.41, 5.74) is 2.06. The third-order valence-corrected chi connectivity index (χ3v) is 5.55. The third-order valence-electron chi connectivity index (χ3n) is 4.51. The van der Waals surface area contributed by atoms with E-state index < -0.39 is 0 Å². The number of likely N-dealkylation sites (tertiary alicyclic amines) is 1. The van der Waals surface area contributed by atoms with Crippen LogP contribution in [0.1, 0.15) is 29.6 Å². The molecule has 1 fully saturated rings.